The summed E-state index contributed by atoms with van der Waals surface area (Å²) in [5.74, 6) is 0. The standard InChI is InChI=1S/C19H16O/c1-20-12-11-17-14-18(15-7-3-2-4-8-15)13-16-9-5-6-10-19(16)17/h2-14H,1H3. The van der Waals surface area contributed by atoms with E-state index in [2.05, 4.69) is 60.7 Å². The highest BCUT2D eigenvalue weighted by atomic mass is 16.5. The van der Waals surface area contributed by atoms with Gasteiger partial charge in [-0.1, -0.05) is 54.6 Å². The van der Waals surface area contributed by atoms with E-state index in [1.54, 1.807) is 13.4 Å². The summed E-state index contributed by atoms with van der Waals surface area (Å²) in [4.78, 5) is 0. The van der Waals surface area contributed by atoms with Gasteiger partial charge in [-0.3, -0.25) is 0 Å². The Morgan fingerprint density at radius 3 is 2.35 bits per heavy atom. The molecular weight excluding hydrogens is 244 g/mol. The smallest absolute Gasteiger partial charge is 0.0830 e. The Bertz CT molecular complexity index is 742. The van der Waals surface area contributed by atoms with E-state index in [1.165, 1.54) is 27.5 Å². The zero-order valence-corrected chi connectivity index (χ0v) is 11.4. The summed E-state index contributed by atoms with van der Waals surface area (Å²) in [7, 11) is 1.67. The van der Waals surface area contributed by atoms with E-state index in [9.17, 15) is 0 Å². The Kier molecular flexibility index (Phi) is 3.51. The van der Waals surface area contributed by atoms with Crippen LogP contribution in [0.4, 0.5) is 0 Å². The number of hydrogen-bond acceptors (Lipinski definition) is 1. The van der Waals surface area contributed by atoms with E-state index in [4.69, 9.17) is 4.74 Å². The van der Waals surface area contributed by atoms with E-state index in [0.717, 1.165) is 0 Å². The van der Waals surface area contributed by atoms with Crippen molar-refractivity contribution in [3.05, 3.63) is 78.6 Å². The summed E-state index contributed by atoms with van der Waals surface area (Å²) < 4.78 is 5.06. The fraction of sp³-hybridized carbons (Fsp3) is 0.0526. The van der Waals surface area contributed by atoms with Gasteiger partial charge in [-0.05, 0) is 45.7 Å². The zero-order chi connectivity index (χ0) is 13.8. The van der Waals surface area contributed by atoms with Crippen LogP contribution in [0.1, 0.15) is 5.56 Å². The lowest BCUT2D eigenvalue weighted by Crippen LogP contribution is -1.83. The first-order valence-corrected chi connectivity index (χ1v) is 6.66. The minimum Gasteiger partial charge on any atom is -0.504 e. The van der Waals surface area contributed by atoms with E-state index >= 15 is 0 Å². The van der Waals surface area contributed by atoms with Crippen molar-refractivity contribution in [2.24, 2.45) is 0 Å². The summed E-state index contributed by atoms with van der Waals surface area (Å²) in [5, 5.41) is 2.48. The van der Waals surface area contributed by atoms with Crippen molar-refractivity contribution in [3.63, 3.8) is 0 Å². The fourth-order valence-corrected chi connectivity index (χ4v) is 2.42. The molecule has 0 unspecified atom stereocenters. The predicted molar refractivity (Wildman–Crippen MR) is 85.4 cm³/mol. The van der Waals surface area contributed by atoms with Crippen molar-refractivity contribution in [2.45, 2.75) is 0 Å². The molecule has 0 bridgehead atoms. The van der Waals surface area contributed by atoms with Crippen LogP contribution in [0, 0.1) is 0 Å². The molecule has 0 saturated heterocycles. The van der Waals surface area contributed by atoms with Gasteiger partial charge in [-0.2, -0.15) is 0 Å². The van der Waals surface area contributed by atoms with Gasteiger partial charge in [-0.15, -0.1) is 0 Å². The molecule has 0 N–H and O–H groups in total. The van der Waals surface area contributed by atoms with Crippen molar-refractivity contribution in [1.82, 2.24) is 0 Å². The number of hydrogen-bond donors (Lipinski definition) is 0. The first-order valence-electron chi connectivity index (χ1n) is 6.66. The summed E-state index contributed by atoms with van der Waals surface area (Å²) in [5.41, 5.74) is 3.62. The molecule has 0 aliphatic heterocycles. The van der Waals surface area contributed by atoms with Crippen LogP contribution in [0.3, 0.4) is 0 Å². The van der Waals surface area contributed by atoms with Gasteiger partial charge in [0.1, 0.15) is 0 Å². The Morgan fingerprint density at radius 2 is 1.55 bits per heavy atom. The highest BCUT2D eigenvalue weighted by Crippen LogP contribution is 2.28. The molecule has 0 aliphatic carbocycles. The average molecular weight is 260 g/mol. The maximum Gasteiger partial charge on any atom is 0.0830 e. The lowest BCUT2D eigenvalue weighted by Gasteiger charge is -2.08. The van der Waals surface area contributed by atoms with Crippen LogP contribution in [0.5, 0.6) is 0 Å². The molecule has 0 saturated carbocycles. The first-order chi connectivity index (χ1) is 9.88. The van der Waals surface area contributed by atoms with Gasteiger partial charge in [0.15, 0.2) is 0 Å². The van der Waals surface area contributed by atoms with Crippen LogP contribution in [0.2, 0.25) is 0 Å². The molecule has 0 radical (unpaired) electrons. The molecule has 98 valence electrons. The third kappa shape index (κ3) is 2.43. The molecular formula is C19H16O. The molecule has 3 aromatic carbocycles. The van der Waals surface area contributed by atoms with Crippen LogP contribution >= 0.6 is 0 Å². The SMILES string of the molecule is COC=Cc1cc(-c2ccccc2)cc2ccccc12. The Labute approximate surface area is 119 Å². The Hall–Kier alpha value is -2.54. The molecule has 0 spiro atoms. The van der Waals surface area contributed by atoms with Crippen molar-refractivity contribution >= 4 is 16.8 Å². The topological polar surface area (TPSA) is 9.23 Å². The van der Waals surface area contributed by atoms with Gasteiger partial charge in [0.05, 0.1) is 13.4 Å². The minimum atomic E-state index is 1.17. The molecule has 0 aliphatic rings. The van der Waals surface area contributed by atoms with Gasteiger partial charge in [0.2, 0.25) is 0 Å². The van der Waals surface area contributed by atoms with Crippen LogP contribution < -0.4 is 0 Å². The average Bonchev–Trinajstić information content (AvgIpc) is 2.53. The molecule has 0 aromatic heterocycles. The normalized spacial score (nSPS) is 11.1. The predicted octanol–water partition coefficient (Wildman–Crippen LogP) is 5.12. The number of benzene rings is 3. The molecule has 3 aromatic rings. The second kappa shape index (κ2) is 5.62. The summed E-state index contributed by atoms with van der Waals surface area (Å²) in [6.45, 7) is 0. The zero-order valence-electron chi connectivity index (χ0n) is 11.4. The Balaban J connectivity index is 2.22. The first kappa shape index (κ1) is 12.5. The second-order valence-corrected chi connectivity index (χ2v) is 4.69. The van der Waals surface area contributed by atoms with E-state index < -0.39 is 0 Å². The Morgan fingerprint density at radius 1 is 0.800 bits per heavy atom. The number of ether oxygens (including phenoxy) is 1. The third-order valence-corrected chi connectivity index (χ3v) is 3.38. The maximum absolute atomic E-state index is 5.06. The van der Waals surface area contributed by atoms with Crippen molar-refractivity contribution in [3.8, 4) is 11.1 Å². The van der Waals surface area contributed by atoms with Crippen molar-refractivity contribution < 1.29 is 4.74 Å². The number of rotatable bonds is 3. The van der Waals surface area contributed by atoms with Crippen LogP contribution in [-0.2, 0) is 4.74 Å². The van der Waals surface area contributed by atoms with Crippen LogP contribution in [0.15, 0.2) is 73.0 Å². The summed E-state index contributed by atoms with van der Waals surface area (Å²) in [6, 6.07) is 23.3. The van der Waals surface area contributed by atoms with Crippen molar-refractivity contribution in [1.29, 1.82) is 0 Å². The van der Waals surface area contributed by atoms with Gasteiger partial charge < -0.3 is 4.74 Å². The van der Waals surface area contributed by atoms with Gasteiger partial charge in [0, 0.05) is 0 Å². The van der Waals surface area contributed by atoms with Gasteiger partial charge in [-0.25, -0.2) is 0 Å². The van der Waals surface area contributed by atoms with Crippen LogP contribution in [0.25, 0.3) is 28.0 Å². The molecule has 1 heteroatoms. The summed E-state index contributed by atoms with van der Waals surface area (Å²) in [6.07, 6.45) is 3.73. The molecule has 1 nitrogen and oxygen atoms in total. The molecule has 0 atom stereocenters. The van der Waals surface area contributed by atoms with Crippen molar-refractivity contribution in [2.75, 3.05) is 7.11 Å². The third-order valence-electron chi connectivity index (χ3n) is 3.38. The quantitative estimate of drug-likeness (QED) is 0.594. The molecule has 20 heavy (non-hydrogen) atoms. The lowest BCUT2D eigenvalue weighted by atomic mass is 9.97. The lowest BCUT2D eigenvalue weighted by molar-refractivity contribution is 0.341. The molecule has 0 heterocycles. The van der Waals surface area contributed by atoms with E-state index in [-0.39, 0.29) is 0 Å². The highest BCUT2D eigenvalue weighted by molar-refractivity contribution is 5.94. The van der Waals surface area contributed by atoms with E-state index in [0.29, 0.717) is 0 Å². The summed E-state index contributed by atoms with van der Waals surface area (Å²) >= 11 is 0. The number of methoxy groups -OCH3 is 1. The van der Waals surface area contributed by atoms with Gasteiger partial charge >= 0.3 is 0 Å². The van der Waals surface area contributed by atoms with E-state index in [1.807, 2.05) is 12.1 Å². The molecule has 3 rings (SSSR count). The monoisotopic (exact) mass is 260 g/mol. The molecule has 0 amide bonds. The highest BCUT2D eigenvalue weighted by Gasteiger charge is 2.03. The second-order valence-electron chi connectivity index (χ2n) is 4.69. The minimum absolute atomic E-state index is 1.17. The number of fused-ring (bicyclic) bond motifs is 1. The largest absolute Gasteiger partial charge is 0.504 e. The maximum atomic E-state index is 5.06. The fourth-order valence-electron chi connectivity index (χ4n) is 2.42. The van der Waals surface area contributed by atoms with Gasteiger partial charge in [0.25, 0.3) is 0 Å². The molecule has 0 fully saturated rings. The van der Waals surface area contributed by atoms with Crippen LogP contribution in [-0.4, -0.2) is 7.11 Å².